The molecule has 0 radical (unpaired) electrons. The summed E-state index contributed by atoms with van der Waals surface area (Å²) in [7, 11) is 0. The molecular weight excluding hydrogens is 303 g/mol. The molecule has 0 unspecified atom stereocenters. The molecule has 0 aliphatic carbocycles. The lowest BCUT2D eigenvalue weighted by atomic mass is 9.97. The predicted octanol–water partition coefficient (Wildman–Crippen LogP) is 2.61. The van der Waals surface area contributed by atoms with Crippen LogP contribution in [0.25, 0.3) is 5.69 Å². The van der Waals surface area contributed by atoms with Gasteiger partial charge in [-0.2, -0.15) is 4.68 Å². The standard InChI is InChI=1S/C13H12ClFN2O4/c1-13(2,3)11-16-17(12(20)21-11)9-4-6(10(18)19)7(14)5-8(9)15/h4-5H,1-3H3,(H,18,19). The third-order valence-electron chi connectivity index (χ3n) is 2.68. The zero-order valence-corrected chi connectivity index (χ0v) is 12.2. The van der Waals surface area contributed by atoms with Gasteiger partial charge in [-0.1, -0.05) is 32.4 Å². The highest BCUT2D eigenvalue weighted by Crippen LogP contribution is 2.24. The van der Waals surface area contributed by atoms with E-state index in [9.17, 15) is 14.0 Å². The molecule has 0 spiro atoms. The van der Waals surface area contributed by atoms with Crippen LogP contribution in [0.3, 0.4) is 0 Å². The zero-order valence-electron chi connectivity index (χ0n) is 11.5. The normalized spacial score (nSPS) is 11.7. The molecule has 0 saturated carbocycles. The van der Waals surface area contributed by atoms with Crippen LogP contribution in [0.2, 0.25) is 5.02 Å². The molecule has 6 nitrogen and oxygen atoms in total. The minimum atomic E-state index is -1.34. The first-order valence-corrected chi connectivity index (χ1v) is 6.32. The number of aromatic nitrogens is 2. The Morgan fingerprint density at radius 2 is 2.05 bits per heavy atom. The summed E-state index contributed by atoms with van der Waals surface area (Å²) >= 11 is 5.65. The molecule has 0 atom stereocenters. The van der Waals surface area contributed by atoms with Gasteiger partial charge in [-0.15, -0.1) is 5.10 Å². The Bertz CT molecular complexity index is 773. The van der Waals surface area contributed by atoms with Crippen LogP contribution in [0, 0.1) is 5.82 Å². The predicted molar refractivity (Wildman–Crippen MR) is 72.7 cm³/mol. The summed E-state index contributed by atoms with van der Waals surface area (Å²) in [6.07, 6.45) is 0. The molecule has 0 aliphatic rings. The quantitative estimate of drug-likeness (QED) is 0.921. The first-order chi connectivity index (χ1) is 9.61. The molecule has 0 aliphatic heterocycles. The minimum absolute atomic E-state index is 0.110. The van der Waals surface area contributed by atoms with Crippen molar-refractivity contribution in [2.75, 3.05) is 0 Å². The highest BCUT2D eigenvalue weighted by Gasteiger charge is 2.25. The summed E-state index contributed by atoms with van der Waals surface area (Å²) in [6, 6.07) is 1.76. The van der Waals surface area contributed by atoms with Crippen LogP contribution in [-0.4, -0.2) is 20.9 Å². The van der Waals surface area contributed by atoms with Gasteiger partial charge in [0.15, 0.2) is 5.82 Å². The van der Waals surface area contributed by atoms with Crippen LogP contribution in [0.4, 0.5) is 4.39 Å². The van der Waals surface area contributed by atoms with Crippen LogP contribution in [0.1, 0.15) is 37.0 Å². The van der Waals surface area contributed by atoms with Gasteiger partial charge in [0.05, 0.1) is 10.6 Å². The van der Waals surface area contributed by atoms with Gasteiger partial charge in [-0.25, -0.2) is 14.0 Å². The van der Waals surface area contributed by atoms with Gasteiger partial charge in [-0.3, -0.25) is 0 Å². The monoisotopic (exact) mass is 314 g/mol. The van der Waals surface area contributed by atoms with E-state index in [1.807, 2.05) is 0 Å². The molecule has 1 aromatic carbocycles. The number of hydrogen-bond acceptors (Lipinski definition) is 4. The van der Waals surface area contributed by atoms with Crippen molar-refractivity contribution in [3.05, 3.63) is 45.0 Å². The molecule has 2 aromatic rings. The lowest BCUT2D eigenvalue weighted by molar-refractivity contribution is 0.0697. The summed E-state index contributed by atoms with van der Waals surface area (Å²) in [6.45, 7) is 5.30. The fraction of sp³-hybridized carbons (Fsp3) is 0.308. The van der Waals surface area contributed by atoms with Crippen molar-refractivity contribution >= 4 is 17.6 Å². The van der Waals surface area contributed by atoms with Gasteiger partial charge in [0.1, 0.15) is 5.69 Å². The minimum Gasteiger partial charge on any atom is -0.478 e. The van der Waals surface area contributed by atoms with E-state index in [0.717, 1.165) is 12.1 Å². The lowest BCUT2D eigenvalue weighted by Crippen LogP contribution is -2.16. The second kappa shape index (κ2) is 5.00. The Hall–Kier alpha value is -2.15. The molecule has 0 fully saturated rings. The maximum absolute atomic E-state index is 13.9. The van der Waals surface area contributed by atoms with Gasteiger partial charge in [-0.05, 0) is 12.1 Å². The van der Waals surface area contributed by atoms with Crippen molar-refractivity contribution in [1.82, 2.24) is 9.78 Å². The van der Waals surface area contributed by atoms with Gasteiger partial charge in [0, 0.05) is 5.41 Å². The highest BCUT2D eigenvalue weighted by atomic mass is 35.5. The van der Waals surface area contributed by atoms with Crippen molar-refractivity contribution in [3.63, 3.8) is 0 Å². The van der Waals surface area contributed by atoms with Crippen molar-refractivity contribution < 1.29 is 18.7 Å². The summed E-state index contributed by atoms with van der Waals surface area (Å²) in [5.74, 6) is -3.01. The highest BCUT2D eigenvalue weighted by molar-refractivity contribution is 6.33. The van der Waals surface area contributed by atoms with Crippen molar-refractivity contribution in [3.8, 4) is 5.69 Å². The van der Waals surface area contributed by atoms with Gasteiger partial charge in [0.25, 0.3) is 0 Å². The van der Waals surface area contributed by atoms with Gasteiger partial charge in [0.2, 0.25) is 5.89 Å². The van der Waals surface area contributed by atoms with Crippen molar-refractivity contribution in [2.45, 2.75) is 26.2 Å². The van der Waals surface area contributed by atoms with E-state index in [-0.39, 0.29) is 22.2 Å². The van der Waals surface area contributed by atoms with E-state index in [1.165, 1.54) is 0 Å². The molecule has 2 rings (SSSR count). The van der Waals surface area contributed by atoms with Crippen LogP contribution in [0.5, 0.6) is 0 Å². The topological polar surface area (TPSA) is 85.3 Å². The molecular formula is C13H12ClFN2O4. The molecule has 1 heterocycles. The van der Waals surface area contributed by atoms with Crippen LogP contribution in [0.15, 0.2) is 21.3 Å². The molecule has 0 bridgehead atoms. The molecule has 0 amide bonds. The Kier molecular flexibility index (Phi) is 3.63. The fourth-order valence-electron chi connectivity index (χ4n) is 1.60. The van der Waals surface area contributed by atoms with Gasteiger partial charge < -0.3 is 9.52 Å². The van der Waals surface area contributed by atoms with Crippen molar-refractivity contribution in [2.24, 2.45) is 0 Å². The summed E-state index contributed by atoms with van der Waals surface area (Å²) in [5.41, 5.74) is -1.22. The van der Waals surface area contributed by atoms with E-state index >= 15 is 0 Å². The van der Waals surface area contributed by atoms with E-state index in [2.05, 4.69) is 5.10 Å². The smallest absolute Gasteiger partial charge is 0.442 e. The molecule has 21 heavy (non-hydrogen) atoms. The molecule has 1 N–H and O–H groups in total. The largest absolute Gasteiger partial charge is 0.478 e. The summed E-state index contributed by atoms with van der Waals surface area (Å²) in [4.78, 5) is 22.8. The first kappa shape index (κ1) is 15.2. The maximum Gasteiger partial charge on any atom is 0.442 e. The lowest BCUT2D eigenvalue weighted by Gasteiger charge is -2.11. The van der Waals surface area contributed by atoms with E-state index in [1.54, 1.807) is 20.8 Å². The Labute approximate surface area is 123 Å². The Balaban J connectivity index is 2.68. The molecule has 0 saturated heterocycles. The summed E-state index contributed by atoms with van der Waals surface area (Å²) < 4.78 is 19.6. The number of carbonyl (C=O) groups is 1. The van der Waals surface area contributed by atoms with Crippen molar-refractivity contribution in [1.29, 1.82) is 0 Å². The number of carboxylic acid groups (broad SMARTS) is 1. The Morgan fingerprint density at radius 1 is 1.43 bits per heavy atom. The van der Waals surface area contributed by atoms with Gasteiger partial charge >= 0.3 is 11.7 Å². The second-order valence-electron chi connectivity index (χ2n) is 5.42. The van der Waals surface area contributed by atoms with Crippen LogP contribution >= 0.6 is 11.6 Å². The number of halogens is 2. The number of rotatable bonds is 2. The van der Waals surface area contributed by atoms with E-state index in [0.29, 0.717) is 4.68 Å². The second-order valence-corrected chi connectivity index (χ2v) is 5.83. The third kappa shape index (κ3) is 2.82. The van der Waals surface area contributed by atoms with E-state index in [4.69, 9.17) is 21.1 Å². The molecule has 1 aromatic heterocycles. The van der Waals surface area contributed by atoms with Crippen LogP contribution in [-0.2, 0) is 5.41 Å². The fourth-order valence-corrected chi connectivity index (χ4v) is 1.83. The maximum atomic E-state index is 13.9. The van der Waals surface area contributed by atoms with Crippen LogP contribution < -0.4 is 5.76 Å². The molecule has 8 heteroatoms. The average Bonchev–Trinajstić information content (AvgIpc) is 2.70. The van der Waals surface area contributed by atoms with E-state index < -0.39 is 23.0 Å². The SMILES string of the molecule is CC(C)(C)c1nn(-c2cc(C(=O)O)c(Cl)cc2F)c(=O)o1. The third-order valence-corrected chi connectivity index (χ3v) is 3.00. The number of hydrogen-bond donors (Lipinski definition) is 1. The Morgan fingerprint density at radius 3 is 2.52 bits per heavy atom. The summed E-state index contributed by atoms with van der Waals surface area (Å²) in [5, 5.41) is 12.6. The number of carboxylic acids is 1. The number of aromatic carboxylic acids is 1. The number of nitrogens with zero attached hydrogens (tertiary/aromatic N) is 2. The zero-order chi connectivity index (χ0) is 15.9. The number of benzene rings is 1. The molecule has 112 valence electrons. The first-order valence-electron chi connectivity index (χ1n) is 5.94. The average molecular weight is 315 g/mol.